The lowest BCUT2D eigenvalue weighted by molar-refractivity contribution is 0.222. The van der Waals surface area contributed by atoms with Crippen molar-refractivity contribution in [3.63, 3.8) is 0 Å². The van der Waals surface area contributed by atoms with E-state index in [9.17, 15) is 0 Å². The lowest BCUT2D eigenvalue weighted by Gasteiger charge is -2.40. The van der Waals surface area contributed by atoms with Gasteiger partial charge in [-0.2, -0.15) is 0 Å². The minimum Gasteiger partial charge on any atom is -0.371 e. The quantitative estimate of drug-likeness (QED) is 0.787. The molecule has 0 saturated carbocycles. The molecular weight excluding hydrogens is 258 g/mol. The lowest BCUT2D eigenvalue weighted by atomic mass is 9.77. The predicted octanol–water partition coefficient (Wildman–Crippen LogP) is 3.65. The maximum Gasteiger partial charge on any atom is 0.0402 e. The molecule has 2 saturated heterocycles. The summed E-state index contributed by atoms with van der Waals surface area (Å²) in [5, 5.41) is 0. The molecule has 3 heteroatoms. The van der Waals surface area contributed by atoms with Gasteiger partial charge in [-0.15, -0.1) is 0 Å². The van der Waals surface area contributed by atoms with E-state index >= 15 is 0 Å². The third kappa shape index (κ3) is 3.76. The molecule has 2 fully saturated rings. The number of anilines is 1. The summed E-state index contributed by atoms with van der Waals surface area (Å²) in [5.41, 5.74) is 4.25. The summed E-state index contributed by atoms with van der Waals surface area (Å²) in [5.74, 6) is 0. The van der Waals surface area contributed by atoms with Crippen LogP contribution in [0.15, 0.2) is 12.1 Å². The van der Waals surface area contributed by atoms with Gasteiger partial charge in [0.25, 0.3) is 0 Å². The van der Waals surface area contributed by atoms with Crippen LogP contribution in [0.4, 0.5) is 5.69 Å². The van der Waals surface area contributed by atoms with Gasteiger partial charge in [0.2, 0.25) is 0 Å². The molecule has 0 aliphatic carbocycles. The van der Waals surface area contributed by atoms with Crippen LogP contribution in [0.1, 0.15) is 44.5 Å². The molecule has 2 aliphatic heterocycles. The number of piperidine rings is 1. The molecule has 0 atom stereocenters. The fourth-order valence-electron chi connectivity index (χ4n) is 3.80. The average Bonchev–Trinajstić information content (AvgIpc) is 2.82. The zero-order valence-electron chi connectivity index (χ0n) is 14.4. The van der Waals surface area contributed by atoms with Gasteiger partial charge in [0, 0.05) is 36.7 Å². The molecule has 3 nitrogen and oxygen atoms in total. The fourth-order valence-corrected chi connectivity index (χ4v) is 3.80. The predicted molar refractivity (Wildman–Crippen MR) is 91.1 cm³/mol. The zero-order chi connectivity index (χ0) is 15.5. The first-order chi connectivity index (χ1) is 10.1. The maximum atomic E-state index is 4.48. The molecule has 0 aromatic carbocycles. The summed E-state index contributed by atoms with van der Waals surface area (Å²) in [7, 11) is 2.26. The minimum atomic E-state index is 0.613. The highest BCUT2D eigenvalue weighted by Gasteiger charge is 2.39. The van der Waals surface area contributed by atoms with Crippen LogP contribution >= 0.6 is 0 Å². The molecule has 0 amide bonds. The van der Waals surface area contributed by atoms with Gasteiger partial charge in [-0.3, -0.25) is 4.98 Å². The Labute approximate surface area is 130 Å². The first-order valence-electron chi connectivity index (χ1n) is 8.45. The van der Waals surface area contributed by atoms with Crippen LogP contribution in [0.25, 0.3) is 0 Å². The van der Waals surface area contributed by atoms with Crippen LogP contribution in [-0.4, -0.2) is 43.1 Å². The molecule has 1 spiro atoms. The third-order valence-corrected chi connectivity index (χ3v) is 4.88. The molecule has 0 bridgehead atoms. The monoisotopic (exact) mass is 289 g/mol. The first kappa shape index (κ1) is 16.3. The van der Waals surface area contributed by atoms with Crippen LogP contribution in [0.3, 0.4) is 0 Å². The third-order valence-electron chi connectivity index (χ3n) is 4.88. The fraction of sp³-hybridized carbons (Fsp3) is 0.722. The van der Waals surface area contributed by atoms with Crippen molar-refractivity contribution < 1.29 is 0 Å². The Bertz CT molecular complexity index is 441. The molecule has 0 unspecified atom stereocenters. The summed E-state index contributed by atoms with van der Waals surface area (Å²) < 4.78 is 0. The normalized spacial score (nSPS) is 21.3. The summed E-state index contributed by atoms with van der Waals surface area (Å²) in [4.78, 5) is 9.52. The van der Waals surface area contributed by atoms with Crippen molar-refractivity contribution in [1.82, 2.24) is 9.88 Å². The first-order valence-corrected chi connectivity index (χ1v) is 8.45. The van der Waals surface area contributed by atoms with Crippen LogP contribution in [0.5, 0.6) is 0 Å². The van der Waals surface area contributed by atoms with E-state index in [2.05, 4.69) is 47.8 Å². The second-order valence-corrected chi connectivity index (χ2v) is 6.58. The number of likely N-dealkylation sites (tertiary alicyclic amines) is 1. The van der Waals surface area contributed by atoms with Gasteiger partial charge in [0.1, 0.15) is 0 Å². The van der Waals surface area contributed by atoms with Gasteiger partial charge in [0.15, 0.2) is 0 Å². The average molecular weight is 289 g/mol. The smallest absolute Gasteiger partial charge is 0.0402 e. The molecule has 3 heterocycles. The molecule has 1 aromatic heterocycles. The van der Waals surface area contributed by atoms with Crippen molar-refractivity contribution in [1.29, 1.82) is 0 Å². The van der Waals surface area contributed by atoms with E-state index in [1.54, 1.807) is 0 Å². The topological polar surface area (TPSA) is 19.4 Å². The van der Waals surface area contributed by atoms with Crippen molar-refractivity contribution in [2.45, 2.75) is 47.0 Å². The summed E-state index contributed by atoms with van der Waals surface area (Å²) in [6.07, 6.45) is 4.08. The highest BCUT2D eigenvalue weighted by atomic mass is 15.2. The number of hydrogen-bond acceptors (Lipinski definition) is 3. The Morgan fingerprint density at radius 2 is 1.48 bits per heavy atom. The zero-order valence-corrected chi connectivity index (χ0v) is 14.4. The highest BCUT2D eigenvalue weighted by Crippen LogP contribution is 2.40. The highest BCUT2D eigenvalue weighted by molar-refractivity contribution is 5.48. The molecule has 0 N–H and O–H groups in total. The van der Waals surface area contributed by atoms with E-state index in [0.717, 1.165) is 11.4 Å². The van der Waals surface area contributed by atoms with Crippen molar-refractivity contribution >= 4 is 5.69 Å². The molecular formula is C18H31N3. The number of aromatic nitrogens is 1. The van der Waals surface area contributed by atoms with E-state index < -0.39 is 0 Å². The van der Waals surface area contributed by atoms with Gasteiger partial charge < -0.3 is 9.80 Å². The van der Waals surface area contributed by atoms with Crippen LogP contribution < -0.4 is 4.90 Å². The molecule has 118 valence electrons. The summed E-state index contributed by atoms with van der Waals surface area (Å²) >= 11 is 0. The SMILES string of the molecule is CC.Cc1cc(N2CCC3(CCN(C)C3)CC2)cc(C)n1. The largest absolute Gasteiger partial charge is 0.371 e. The van der Waals surface area contributed by atoms with Crippen molar-refractivity contribution in [3.05, 3.63) is 23.5 Å². The van der Waals surface area contributed by atoms with Crippen molar-refractivity contribution in [2.24, 2.45) is 5.41 Å². The number of hydrogen-bond donors (Lipinski definition) is 0. The van der Waals surface area contributed by atoms with Gasteiger partial charge >= 0.3 is 0 Å². The van der Waals surface area contributed by atoms with Crippen molar-refractivity contribution in [3.8, 4) is 0 Å². The number of rotatable bonds is 1. The van der Waals surface area contributed by atoms with Crippen LogP contribution in [0.2, 0.25) is 0 Å². The Kier molecular flexibility index (Phi) is 5.26. The van der Waals surface area contributed by atoms with Gasteiger partial charge in [-0.05, 0) is 64.3 Å². The van der Waals surface area contributed by atoms with E-state index in [4.69, 9.17) is 0 Å². The Balaban J connectivity index is 0.000000774. The molecule has 21 heavy (non-hydrogen) atoms. The van der Waals surface area contributed by atoms with Crippen molar-refractivity contribution in [2.75, 3.05) is 38.1 Å². The second-order valence-electron chi connectivity index (χ2n) is 6.58. The van der Waals surface area contributed by atoms with E-state index in [1.807, 2.05) is 13.8 Å². The Hall–Kier alpha value is -1.09. The summed E-state index contributed by atoms with van der Waals surface area (Å²) in [6.45, 7) is 13.2. The van der Waals surface area contributed by atoms with E-state index in [-0.39, 0.29) is 0 Å². The Morgan fingerprint density at radius 3 is 1.95 bits per heavy atom. The molecule has 3 rings (SSSR count). The molecule has 2 aliphatic rings. The number of pyridine rings is 1. The number of aryl methyl sites for hydroxylation is 2. The van der Waals surface area contributed by atoms with Gasteiger partial charge in [0.05, 0.1) is 0 Å². The molecule has 0 radical (unpaired) electrons. The van der Waals surface area contributed by atoms with E-state index in [1.165, 1.54) is 51.1 Å². The number of nitrogens with zero attached hydrogens (tertiary/aromatic N) is 3. The Morgan fingerprint density at radius 1 is 0.952 bits per heavy atom. The van der Waals surface area contributed by atoms with E-state index in [0.29, 0.717) is 5.41 Å². The second kappa shape index (κ2) is 6.78. The maximum absolute atomic E-state index is 4.48. The minimum absolute atomic E-state index is 0.613. The van der Waals surface area contributed by atoms with Crippen LogP contribution in [-0.2, 0) is 0 Å². The van der Waals surface area contributed by atoms with Gasteiger partial charge in [-0.25, -0.2) is 0 Å². The van der Waals surface area contributed by atoms with Crippen LogP contribution in [0, 0.1) is 19.3 Å². The summed E-state index contributed by atoms with van der Waals surface area (Å²) in [6, 6.07) is 4.46. The van der Waals surface area contributed by atoms with Gasteiger partial charge in [-0.1, -0.05) is 13.8 Å². The molecule has 1 aromatic rings. The lowest BCUT2D eigenvalue weighted by Crippen LogP contribution is -2.41. The standard InChI is InChI=1S/C16H25N3.C2H6/c1-13-10-15(11-14(2)17-13)19-8-5-16(6-9-19)4-7-18(3)12-16;1-2/h10-11H,4-9,12H2,1-3H3;1-2H3.